The highest BCUT2D eigenvalue weighted by Crippen LogP contribution is 2.37. The van der Waals surface area contributed by atoms with Gasteiger partial charge in [0.1, 0.15) is 5.00 Å². The Morgan fingerprint density at radius 1 is 1.26 bits per heavy atom. The predicted octanol–water partition coefficient (Wildman–Crippen LogP) is 2.81. The first-order chi connectivity index (χ1) is 12.8. The Morgan fingerprint density at radius 3 is 2.67 bits per heavy atom. The lowest BCUT2D eigenvalue weighted by atomic mass is 10.0. The van der Waals surface area contributed by atoms with Crippen LogP contribution >= 0.6 is 27.3 Å². The smallest absolute Gasteiger partial charge is 0.257 e. The van der Waals surface area contributed by atoms with Gasteiger partial charge in [-0.15, -0.1) is 11.3 Å². The topological polar surface area (TPSA) is 105 Å². The van der Waals surface area contributed by atoms with Crippen LogP contribution in [-0.2, 0) is 17.8 Å². The standard InChI is InChI=1S/C18H19BrN4O3S/c1-9(24)21-10-3-4-13(19)12(7-10)17(26)22-18-15(16(20)25)11-5-6-23(2)8-14(11)27-18/h3-4,7H,5-6,8H2,1-2H3,(H2,20,25)(H,21,24)(H,22,26). The molecule has 0 radical (unpaired) electrons. The molecule has 1 aliphatic heterocycles. The van der Waals surface area contributed by atoms with Gasteiger partial charge in [0.05, 0.1) is 11.1 Å². The molecular weight excluding hydrogens is 432 g/mol. The average Bonchev–Trinajstić information content (AvgIpc) is 2.92. The maximum Gasteiger partial charge on any atom is 0.257 e. The van der Waals surface area contributed by atoms with Gasteiger partial charge in [0.2, 0.25) is 5.91 Å². The van der Waals surface area contributed by atoms with Gasteiger partial charge in [-0.05, 0) is 53.2 Å². The Hall–Kier alpha value is -2.23. The number of thiophene rings is 1. The van der Waals surface area contributed by atoms with Crippen molar-refractivity contribution in [2.24, 2.45) is 5.73 Å². The van der Waals surface area contributed by atoms with Crippen molar-refractivity contribution in [2.45, 2.75) is 19.9 Å². The van der Waals surface area contributed by atoms with Crippen LogP contribution in [0.2, 0.25) is 0 Å². The molecule has 0 fully saturated rings. The van der Waals surface area contributed by atoms with Crippen molar-refractivity contribution < 1.29 is 14.4 Å². The molecular formula is C18H19BrN4O3S. The molecule has 2 aromatic rings. The number of nitrogens with zero attached hydrogens (tertiary/aromatic N) is 1. The Kier molecular flexibility index (Phi) is 5.64. The maximum atomic E-state index is 12.8. The van der Waals surface area contributed by atoms with Crippen molar-refractivity contribution in [3.8, 4) is 0 Å². The molecule has 2 heterocycles. The maximum absolute atomic E-state index is 12.8. The molecule has 1 aliphatic rings. The van der Waals surface area contributed by atoms with Crippen molar-refractivity contribution in [1.82, 2.24) is 4.90 Å². The van der Waals surface area contributed by atoms with Gasteiger partial charge >= 0.3 is 0 Å². The molecule has 0 unspecified atom stereocenters. The highest BCUT2D eigenvalue weighted by Gasteiger charge is 2.27. The summed E-state index contributed by atoms with van der Waals surface area (Å²) in [5.41, 5.74) is 7.76. The Bertz CT molecular complexity index is 941. The fourth-order valence-corrected chi connectivity index (χ4v) is 4.79. The number of likely N-dealkylation sites (N-methyl/N-ethyl adjacent to an activating group) is 1. The van der Waals surface area contributed by atoms with Crippen LogP contribution in [0, 0.1) is 0 Å². The molecule has 0 aliphatic carbocycles. The summed E-state index contributed by atoms with van der Waals surface area (Å²) in [7, 11) is 2.01. The van der Waals surface area contributed by atoms with Crippen LogP contribution in [0.3, 0.4) is 0 Å². The number of carbonyl (C=O) groups is 3. The zero-order valence-corrected chi connectivity index (χ0v) is 17.3. The zero-order chi connectivity index (χ0) is 19.7. The van der Waals surface area contributed by atoms with E-state index in [1.54, 1.807) is 18.2 Å². The summed E-state index contributed by atoms with van der Waals surface area (Å²) in [5.74, 6) is -1.16. The van der Waals surface area contributed by atoms with Gasteiger partial charge in [0.15, 0.2) is 0 Å². The third-order valence-corrected chi connectivity index (χ3v) is 6.08. The quantitative estimate of drug-likeness (QED) is 0.665. The van der Waals surface area contributed by atoms with Gasteiger partial charge in [-0.25, -0.2) is 0 Å². The Morgan fingerprint density at radius 2 is 2.00 bits per heavy atom. The van der Waals surface area contributed by atoms with Crippen molar-refractivity contribution in [1.29, 1.82) is 0 Å². The van der Waals surface area contributed by atoms with Gasteiger partial charge in [-0.2, -0.15) is 0 Å². The Balaban J connectivity index is 1.93. The van der Waals surface area contributed by atoms with E-state index >= 15 is 0 Å². The van der Waals surface area contributed by atoms with Crippen molar-refractivity contribution in [3.05, 3.63) is 44.2 Å². The lowest BCUT2D eigenvalue weighted by Gasteiger charge is -2.22. The van der Waals surface area contributed by atoms with Crippen LogP contribution in [0.15, 0.2) is 22.7 Å². The molecule has 7 nitrogen and oxygen atoms in total. The van der Waals surface area contributed by atoms with Crippen LogP contribution < -0.4 is 16.4 Å². The van der Waals surface area contributed by atoms with Gasteiger partial charge in [0, 0.05) is 35.1 Å². The number of nitrogens with one attached hydrogen (secondary N) is 2. The number of amides is 3. The summed E-state index contributed by atoms with van der Waals surface area (Å²) in [5, 5.41) is 5.93. The van der Waals surface area contributed by atoms with E-state index in [1.807, 2.05) is 7.05 Å². The van der Waals surface area contributed by atoms with E-state index in [4.69, 9.17) is 5.73 Å². The van der Waals surface area contributed by atoms with Gasteiger partial charge in [-0.1, -0.05) is 0 Å². The van der Waals surface area contributed by atoms with Gasteiger partial charge < -0.3 is 21.3 Å². The molecule has 0 atom stereocenters. The first-order valence-electron chi connectivity index (χ1n) is 8.27. The molecule has 0 spiro atoms. The number of carbonyl (C=O) groups excluding carboxylic acids is 3. The van der Waals surface area contributed by atoms with E-state index in [9.17, 15) is 14.4 Å². The first kappa shape index (κ1) is 19.5. The van der Waals surface area contributed by atoms with Crippen molar-refractivity contribution in [3.63, 3.8) is 0 Å². The van der Waals surface area contributed by atoms with Crippen LogP contribution in [-0.4, -0.2) is 36.2 Å². The third kappa shape index (κ3) is 4.20. The third-order valence-electron chi connectivity index (χ3n) is 4.25. The summed E-state index contributed by atoms with van der Waals surface area (Å²) < 4.78 is 0.579. The van der Waals surface area contributed by atoms with Gasteiger partial charge in [0.25, 0.3) is 11.8 Å². The van der Waals surface area contributed by atoms with Crippen LogP contribution in [0.1, 0.15) is 38.1 Å². The van der Waals surface area contributed by atoms with E-state index in [2.05, 4.69) is 31.5 Å². The minimum absolute atomic E-state index is 0.227. The minimum atomic E-state index is -0.543. The number of hydrogen-bond donors (Lipinski definition) is 3. The van der Waals surface area contributed by atoms with E-state index in [-0.39, 0.29) is 11.8 Å². The molecule has 142 valence electrons. The molecule has 0 saturated carbocycles. The molecule has 3 amide bonds. The number of nitrogens with two attached hydrogens (primary N) is 1. The largest absolute Gasteiger partial charge is 0.365 e. The number of anilines is 2. The number of halogens is 1. The summed E-state index contributed by atoms with van der Waals surface area (Å²) in [6, 6.07) is 4.95. The van der Waals surface area contributed by atoms with Crippen molar-refractivity contribution >= 4 is 55.7 Å². The zero-order valence-electron chi connectivity index (χ0n) is 14.9. The second kappa shape index (κ2) is 7.79. The Labute approximate surface area is 169 Å². The van der Waals surface area contributed by atoms with E-state index in [0.29, 0.717) is 26.3 Å². The predicted molar refractivity (Wildman–Crippen MR) is 109 cm³/mol. The summed E-state index contributed by atoms with van der Waals surface area (Å²) >= 11 is 4.73. The van der Waals surface area contributed by atoms with Crippen LogP contribution in [0.25, 0.3) is 0 Å². The first-order valence-corrected chi connectivity index (χ1v) is 9.88. The molecule has 1 aromatic heterocycles. The van der Waals surface area contributed by atoms with E-state index < -0.39 is 5.91 Å². The number of rotatable bonds is 4. The normalized spacial score (nSPS) is 13.7. The number of fused-ring (bicyclic) bond motifs is 1. The van der Waals surface area contributed by atoms with E-state index in [0.717, 1.165) is 30.0 Å². The highest BCUT2D eigenvalue weighted by molar-refractivity contribution is 9.10. The molecule has 9 heteroatoms. The van der Waals surface area contributed by atoms with Gasteiger partial charge in [-0.3, -0.25) is 14.4 Å². The van der Waals surface area contributed by atoms with E-state index in [1.165, 1.54) is 18.3 Å². The van der Waals surface area contributed by atoms with Crippen LogP contribution in [0.5, 0.6) is 0 Å². The fraction of sp³-hybridized carbons (Fsp3) is 0.278. The highest BCUT2D eigenvalue weighted by atomic mass is 79.9. The average molecular weight is 451 g/mol. The fourth-order valence-electron chi connectivity index (χ4n) is 3.03. The molecule has 0 saturated heterocycles. The summed E-state index contributed by atoms with van der Waals surface area (Å²) in [6.45, 7) is 2.95. The summed E-state index contributed by atoms with van der Waals surface area (Å²) in [4.78, 5) is 39.3. The molecule has 1 aromatic carbocycles. The van der Waals surface area contributed by atoms with Crippen LogP contribution in [0.4, 0.5) is 10.7 Å². The summed E-state index contributed by atoms with van der Waals surface area (Å²) in [6.07, 6.45) is 0.720. The second-order valence-electron chi connectivity index (χ2n) is 6.39. The number of primary amides is 1. The SMILES string of the molecule is CC(=O)Nc1ccc(Br)c(C(=O)Nc2sc3c(c2C(N)=O)CCN(C)C3)c1. The minimum Gasteiger partial charge on any atom is -0.365 e. The molecule has 4 N–H and O–H groups in total. The number of hydrogen-bond acceptors (Lipinski definition) is 5. The molecule has 27 heavy (non-hydrogen) atoms. The molecule has 0 bridgehead atoms. The molecule has 3 rings (SSSR count). The lowest BCUT2D eigenvalue weighted by Crippen LogP contribution is -2.27. The second-order valence-corrected chi connectivity index (χ2v) is 8.35. The van der Waals surface area contributed by atoms with Crippen molar-refractivity contribution in [2.75, 3.05) is 24.2 Å². The monoisotopic (exact) mass is 450 g/mol. The lowest BCUT2D eigenvalue weighted by molar-refractivity contribution is -0.114. The number of benzene rings is 1.